The molecule has 0 radical (unpaired) electrons. The third-order valence-electron chi connectivity index (χ3n) is 2.78. The molecule has 2 aromatic rings. The Morgan fingerprint density at radius 1 is 1.21 bits per heavy atom. The molecule has 0 unspecified atom stereocenters. The number of aryl methyl sites for hydroxylation is 1. The van der Waals surface area contributed by atoms with E-state index in [2.05, 4.69) is 57.5 Å². The number of halogens is 1. The molecule has 0 fully saturated rings. The first-order chi connectivity index (χ1) is 9.19. The van der Waals surface area contributed by atoms with Crippen molar-refractivity contribution < 1.29 is 0 Å². The summed E-state index contributed by atoms with van der Waals surface area (Å²) in [6.07, 6.45) is 2.90. The van der Waals surface area contributed by atoms with Crippen molar-refractivity contribution >= 4 is 33.1 Å². The maximum Gasteiger partial charge on any atom is 0.127 e. The SMILES string of the molecule is CCCNc1cc(Nc2ccc(Br)cc2C)ccn1. The Labute approximate surface area is 122 Å². The number of pyridine rings is 1. The normalized spacial score (nSPS) is 10.3. The van der Waals surface area contributed by atoms with Crippen LogP contribution in [0.4, 0.5) is 17.2 Å². The fourth-order valence-corrected chi connectivity index (χ4v) is 2.26. The number of rotatable bonds is 5. The first-order valence-corrected chi connectivity index (χ1v) is 7.21. The van der Waals surface area contributed by atoms with E-state index in [4.69, 9.17) is 0 Å². The van der Waals surface area contributed by atoms with Crippen LogP contribution in [0.1, 0.15) is 18.9 Å². The first-order valence-electron chi connectivity index (χ1n) is 6.42. The maximum absolute atomic E-state index is 4.30. The minimum atomic E-state index is 0.904. The summed E-state index contributed by atoms with van der Waals surface area (Å²) in [5.74, 6) is 0.904. The van der Waals surface area contributed by atoms with Crippen LogP contribution in [0, 0.1) is 6.92 Å². The quantitative estimate of drug-likeness (QED) is 0.837. The van der Waals surface area contributed by atoms with Crippen LogP contribution in [0.15, 0.2) is 41.0 Å². The predicted molar refractivity (Wildman–Crippen MR) is 85.2 cm³/mol. The van der Waals surface area contributed by atoms with Gasteiger partial charge in [-0.15, -0.1) is 0 Å². The summed E-state index contributed by atoms with van der Waals surface area (Å²) in [5.41, 5.74) is 3.35. The minimum absolute atomic E-state index is 0.904. The lowest BCUT2D eigenvalue weighted by atomic mass is 10.2. The second-order valence-corrected chi connectivity index (χ2v) is 5.36. The largest absolute Gasteiger partial charge is 0.370 e. The van der Waals surface area contributed by atoms with Crippen molar-refractivity contribution in [1.82, 2.24) is 4.98 Å². The van der Waals surface area contributed by atoms with Gasteiger partial charge in [-0.2, -0.15) is 0 Å². The molecule has 1 aromatic carbocycles. The van der Waals surface area contributed by atoms with Crippen molar-refractivity contribution in [3.63, 3.8) is 0 Å². The molecule has 0 amide bonds. The number of hydrogen-bond donors (Lipinski definition) is 2. The van der Waals surface area contributed by atoms with Crippen molar-refractivity contribution in [3.05, 3.63) is 46.6 Å². The lowest BCUT2D eigenvalue weighted by Crippen LogP contribution is -2.02. The van der Waals surface area contributed by atoms with Gasteiger partial charge in [-0.25, -0.2) is 4.98 Å². The van der Waals surface area contributed by atoms with Gasteiger partial charge >= 0.3 is 0 Å². The number of nitrogens with zero attached hydrogens (tertiary/aromatic N) is 1. The van der Waals surface area contributed by atoms with Crippen LogP contribution < -0.4 is 10.6 Å². The highest BCUT2D eigenvalue weighted by molar-refractivity contribution is 9.10. The first kappa shape index (κ1) is 13.9. The summed E-state index contributed by atoms with van der Waals surface area (Å²) in [6, 6.07) is 10.2. The molecular formula is C15H18BrN3. The van der Waals surface area contributed by atoms with Gasteiger partial charge in [0.25, 0.3) is 0 Å². The Morgan fingerprint density at radius 3 is 2.79 bits per heavy atom. The van der Waals surface area contributed by atoms with Crippen molar-refractivity contribution in [1.29, 1.82) is 0 Å². The minimum Gasteiger partial charge on any atom is -0.370 e. The van der Waals surface area contributed by atoms with Crippen molar-refractivity contribution in [2.75, 3.05) is 17.2 Å². The third-order valence-corrected chi connectivity index (χ3v) is 3.28. The van der Waals surface area contributed by atoms with Gasteiger partial charge in [0.15, 0.2) is 0 Å². The molecule has 100 valence electrons. The molecule has 3 nitrogen and oxygen atoms in total. The second kappa shape index (κ2) is 6.57. The maximum atomic E-state index is 4.30. The van der Waals surface area contributed by atoms with Crippen LogP contribution in [-0.2, 0) is 0 Å². The molecular weight excluding hydrogens is 302 g/mol. The lowest BCUT2D eigenvalue weighted by molar-refractivity contribution is 0.969. The van der Waals surface area contributed by atoms with Gasteiger partial charge in [-0.1, -0.05) is 22.9 Å². The molecule has 0 aliphatic heterocycles. The Morgan fingerprint density at radius 2 is 2.05 bits per heavy atom. The van der Waals surface area contributed by atoms with Crippen LogP contribution in [0.2, 0.25) is 0 Å². The van der Waals surface area contributed by atoms with Gasteiger partial charge in [-0.3, -0.25) is 0 Å². The zero-order valence-electron chi connectivity index (χ0n) is 11.2. The topological polar surface area (TPSA) is 37.0 Å². The molecule has 2 rings (SSSR count). The van der Waals surface area contributed by atoms with E-state index >= 15 is 0 Å². The Hall–Kier alpha value is -1.55. The molecule has 1 heterocycles. The monoisotopic (exact) mass is 319 g/mol. The molecule has 0 bridgehead atoms. The van der Waals surface area contributed by atoms with E-state index in [0.29, 0.717) is 0 Å². The Balaban J connectivity index is 2.14. The summed E-state index contributed by atoms with van der Waals surface area (Å²) >= 11 is 3.47. The number of aromatic nitrogens is 1. The smallest absolute Gasteiger partial charge is 0.127 e. The Kier molecular flexibility index (Phi) is 4.80. The summed E-state index contributed by atoms with van der Waals surface area (Å²) in [5, 5.41) is 6.70. The summed E-state index contributed by atoms with van der Waals surface area (Å²) in [7, 11) is 0. The fraction of sp³-hybridized carbons (Fsp3) is 0.267. The average Bonchev–Trinajstić information content (AvgIpc) is 2.40. The molecule has 2 N–H and O–H groups in total. The number of benzene rings is 1. The third kappa shape index (κ3) is 3.96. The van der Waals surface area contributed by atoms with Crippen LogP contribution in [0.25, 0.3) is 0 Å². The molecule has 4 heteroatoms. The zero-order chi connectivity index (χ0) is 13.7. The molecule has 0 saturated carbocycles. The Bertz CT molecular complexity index is 555. The van der Waals surface area contributed by atoms with Gasteiger partial charge in [0, 0.05) is 34.7 Å². The number of hydrogen-bond acceptors (Lipinski definition) is 3. The van der Waals surface area contributed by atoms with E-state index < -0.39 is 0 Å². The molecule has 0 spiro atoms. The summed E-state index contributed by atoms with van der Waals surface area (Å²) in [4.78, 5) is 4.30. The van der Waals surface area contributed by atoms with Crippen LogP contribution in [0.5, 0.6) is 0 Å². The van der Waals surface area contributed by atoms with Gasteiger partial charge < -0.3 is 10.6 Å². The number of nitrogens with one attached hydrogen (secondary N) is 2. The lowest BCUT2D eigenvalue weighted by Gasteiger charge is -2.11. The van der Waals surface area contributed by atoms with Crippen LogP contribution >= 0.6 is 15.9 Å². The van der Waals surface area contributed by atoms with E-state index in [1.807, 2.05) is 24.4 Å². The highest BCUT2D eigenvalue weighted by Crippen LogP contribution is 2.24. The van der Waals surface area contributed by atoms with Gasteiger partial charge in [0.2, 0.25) is 0 Å². The van der Waals surface area contributed by atoms with E-state index in [1.54, 1.807) is 0 Å². The molecule has 19 heavy (non-hydrogen) atoms. The highest BCUT2D eigenvalue weighted by Gasteiger charge is 2.01. The van der Waals surface area contributed by atoms with E-state index in [-0.39, 0.29) is 0 Å². The van der Waals surface area contributed by atoms with Crippen molar-refractivity contribution in [3.8, 4) is 0 Å². The predicted octanol–water partition coefficient (Wildman–Crippen LogP) is 4.72. The van der Waals surface area contributed by atoms with Crippen LogP contribution in [-0.4, -0.2) is 11.5 Å². The summed E-state index contributed by atoms with van der Waals surface area (Å²) in [6.45, 7) is 5.17. The standard InChI is InChI=1S/C15H18BrN3/c1-3-7-17-15-10-13(6-8-18-15)19-14-5-4-12(16)9-11(14)2/h4-6,8-10H,3,7H2,1-2H3,(H2,17,18,19). The molecule has 0 saturated heterocycles. The molecule has 0 aliphatic rings. The summed E-state index contributed by atoms with van der Waals surface area (Å²) < 4.78 is 1.09. The van der Waals surface area contributed by atoms with Crippen LogP contribution in [0.3, 0.4) is 0 Å². The molecule has 1 aromatic heterocycles. The highest BCUT2D eigenvalue weighted by atomic mass is 79.9. The average molecular weight is 320 g/mol. The fourth-order valence-electron chi connectivity index (χ4n) is 1.78. The van der Waals surface area contributed by atoms with Gasteiger partial charge in [-0.05, 0) is 43.2 Å². The van der Waals surface area contributed by atoms with E-state index in [0.717, 1.165) is 34.6 Å². The van der Waals surface area contributed by atoms with E-state index in [1.165, 1.54) is 5.56 Å². The molecule has 0 atom stereocenters. The van der Waals surface area contributed by atoms with Crippen molar-refractivity contribution in [2.24, 2.45) is 0 Å². The second-order valence-electron chi connectivity index (χ2n) is 4.44. The van der Waals surface area contributed by atoms with Gasteiger partial charge in [0.05, 0.1) is 0 Å². The molecule has 0 aliphatic carbocycles. The number of anilines is 3. The van der Waals surface area contributed by atoms with Crippen molar-refractivity contribution in [2.45, 2.75) is 20.3 Å². The van der Waals surface area contributed by atoms with Gasteiger partial charge in [0.1, 0.15) is 5.82 Å². The van der Waals surface area contributed by atoms with E-state index in [9.17, 15) is 0 Å². The zero-order valence-corrected chi connectivity index (χ0v) is 12.8.